The summed E-state index contributed by atoms with van der Waals surface area (Å²) in [6.07, 6.45) is -0.463. The minimum Gasteiger partial charge on any atom is -0.485 e. The lowest BCUT2D eigenvalue weighted by molar-refractivity contribution is -0.385. The van der Waals surface area contributed by atoms with Gasteiger partial charge in [0.15, 0.2) is 5.75 Å². The minimum atomic E-state index is -0.568. The molecule has 0 heterocycles. The Labute approximate surface area is 130 Å². The van der Waals surface area contributed by atoms with Gasteiger partial charge in [0.05, 0.1) is 11.5 Å². The topological polar surface area (TPSA) is 81.9 Å². The van der Waals surface area contributed by atoms with Gasteiger partial charge >= 0.3 is 11.8 Å². The minimum absolute atomic E-state index is 0.0834. The Kier molecular flexibility index (Phi) is 5.73. The van der Waals surface area contributed by atoms with Gasteiger partial charge in [0.2, 0.25) is 0 Å². The molecule has 0 saturated heterocycles. The number of hydrogen-bond acceptors (Lipinski definition) is 5. The van der Waals surface area contributed by atoms with Gasteiger partial charge in [-0.2, -0.15) is 0 Å². The van der Waals surface area contributed by atoms with Crippen molar-refractivity contribution >= 4 is 11.8 Å². The lowest BCUT2D eigenvalue weighted by atomic mass is 10.2. The maximum absolute atomic E-state index is 11.8. The summed E-state index contributed by atoms with van der Waals surface area (Å²) >= 11 is 0. The fourth-order valence-electron chi connectivity index (χ4n) is 1.62. The van der Waals surface area contributed by atoms with E-state index in [1.165, 1.54) is 11.0 Å². The van der Waals surface area contributed by atoms with Gasteiger partial charge in [0.25, 0.3) is 0 Å². The van der Waals surface area contributed by atoms with Crippen LogP contribution in [0.5, 0.6) is 5.75 Å². The van der Waals surface area contributed by atoms with E-state index >= 15 is 0 Å². The molecule has 1 aromatic rings. The van der Waals surface area contributed by atoms with Crippen LogP contribution in [0.4, 0.5) is 10.5 Å². The molecule has 0 unspecified atom stereocenters. The number of nitro groups is 1. The molecule has 0 spiro atoms. The van der Waals surface area contributed by atoms with Gasteiger partial charge in [0.1, 0.15) is 12.2 Å². The zero-order valence-electron chi connectivity index (χ0n) is 13.6. The second-order valence-electron chi connectivity index (χ2n) is 5.98. The van der Waals surface area contributed by atoms with Crippen molar-refractivity contribution < 1.29 is 19.2 Å². The highest BCUT2D eigenvalue weighted by molar-refractivity contribution is 5.67. The molecule has 0 aliphatic rings. The molecule has 122 valence electrons. The zero-order valence-corrected chi connectivity index (χ0v) is 13.6. The van der Waals surface area contributed by atoms with Crippen LogP contribution in [0, 0.1) is 17.0 Å². The Bertz CT molecular complexity index is 551. The first kappa shape index (κ1) is 17.7. The van der Waals surface area contributed by atoms with Crippen molar-refractivity contribution in [3.05, 3.63) is 33.9 Å². The number of ether oxygens (including phenoxy) is 2. The maximum atomic E-state index is 11.8. The Morgan fingerprint density at radius 3 is 2.55 bits per heavy atom. The first-order valence-electron chi connectivity index (χ1n) is 6.92. The third-order valence-electron chi connectivity index (χ3n) is 2.70. The molecule has 0 bridgehead atoms. The largest absolute Gasteiger partial charge is 0.485 e. The second kappa shape index (κ2) is 7.11. The molecule has 0 aliphatic carbocycles. The van der Waals surface area contributed by atoms with E-state index in [9.17, 15) is 14.9 Å². The van der Waals surface area contributed by atoms with Crippen LogP contribution in [-0.2, 0) is 4.74 Å². The molecule has 1 rings (SSSR count). The highest BCUT2D eigenvalue weighted by Gasteiger charge is 2.20. The van der Waals surface area contributed by atoms with Gasteiger partial charge in [-0.25, -0.2) is 4.79 Å². The van der Waals surface area contributed by atoms with Gasteiger partial charge in [-0.05, 0) is 39.3 Å². The van der Waals surface area contributed by atoms with Gasteiger partial charge in [0, 0.05) is 13.1 Å². The number of nitrogens with zero attached hydrogens (tertiary/aromatic N) is 2. The van der Waals surface area contributed by atoms with Crippen molar-refractivity contribution in [3.8, 4) is 5.75 Å². The molecule has 0 saturated carbocycles. The van der Waals surface area contributed by atoms with E-state index in [0.29, 0.717) is 0 Å². The van der Waals surface area contributed by atoms with Crippen LogP contribution in [-0.4, -0.2) is 41.7 Å². The summed E-state index contributed by atoms with van der Waals surface area (Å²) in [4.78, 5) is 23.6. The number of carbonyl (C=O) groups excluding carboxylic acids is 1. The Morgan fingerprint density at radius 1 is 1.36 bits per heavy atom. The van der Waals surface area contributed by atoms with Crippen LogP contribution in [0.2, 0.25) is 0 Å². The number of rotatable bonds is 5. The number of benzene rings is 1. The predicted octanol–water partition coefficient (Wildman–Crippen LogP) is 3.15. The second-order valence-corrected chi connectivity index (χ2v) is 5.98. The molecule has 0 radical (unpaired) electrons. The van der Waals surface area contributed by atoms with Crippen molar-refractivity contribution in [2.45, 2.75) is 33.3 Å². The SMILES string of the molecule is Cc1ccc(OCCN(C)C(=O)OC(C)(C)C)c([N+](=O)[O-])c1. The van der Waals surface area contributed by atoms with Crippen LogP contribution in [0.15, 0.2) is 18.2 Å². The van der Waals surface area contributed by atoms with E-state index in [-0.39, 0.29) is 24.6 Å². The summed E-state index contributed by atoms with van der Waals surface area (Å²) in [5, 5.41) is 11.0. The first-order chi connectivity index (χ1) is 10.1. The molecule has 1 aromatic carbocycles. The summed E-state index contributed by atoms with van der Waals surface area (Å²) < 4.78 is 10.6. The Balaban J connectivity index is 2.58. The van der Waals surface area contributed by atoms with E-state index in [1.807, 2.05) is 0 Å². The fourth-order valence-corrected chi connectivity index (χ4v) is 1.62. The maximum Gasteiger partial charge on any atom is 0.410 e. The van der Waals surface area contributed by atoms with Gasteiger partial charge in [-0.3, -0.25) is 10.1 Å². The van der Waals surface area contributed by atoms with Gasteiger partial charge in [-0.15, -0.1) is 0 Å². The van der Waals surface area contributed by atoms with Crippen molar-refractivity contribution in [3.63, 3.8) is 0 Å². The summed E-state index contributed by atoms with van der Waals surface area (Å²) in [5.74, 6) is 0.188. The molecule has 7 nitrogen and oxygen atoms in total. The quantitative estimate of drug-likeness (QED) is 0.616. The van der Waals surface area contributed by atoms with Crippen molar-refractivity contribution in [2.24, 2.45) is 0 Å². The molecule has 22 heavy (non-hydrogen) atoms. The van der Waals surface area contributed by atoms with Crippen LogP contribution in [0.3, 0.4) is 0 Å². The summed E-state index contributed by atoms with van der Waals surface area (Å²) in [6, 6.07) is 4.74. The van der Waals surface area contributed by atoms with Gasteiger partial charge < -0.3 is 14.4 Å². The normalized spacial score (nSPS) is 11.0. The third kappa shape index (κ3) is 5.59. The molecular weight excluding hydrogens is 288 g/mol. The smallest absolute Gasteiger partial charge is 0.410 e. The molecule has 0 N–H and O–H groups in total. The van der Waals surface area contributed by atoms with Crippen molar-refractivity contribution in [2.75, 3.05) is 20.2 Å². The van der Waals surface area contributed by atoms with E-state index < -0.39 is 16.6 Å². The highest BCUT2D eigenvalue weighted by atomic mass is 16.6. The monoisotopic (exact) mass is 310 g/mol. The predicted molar refractivity (Wildman–Crippen MR) is 82.2 cm³/mol. The lowest BCUT2D eigenvalue weighted by Gasteiger charge is -2.24. The molecule has 0 atom stereocenters. The van der Waals surface area contributed by atoms with Crippen LogP contribution < -0.4 is 4.74 Å². The molecular formula is C15H22N2O5. The Hall–Kier alpha value is -2.31. The molecule has 1 amide bonds. The average molecular weight is 310 g/mol. The number of amides is 1. The zero-order chi connectivity index (χ0) is 16.9. The van der Waals surface area contributed by atoms with Crippen molar-refractivity contribution in [1.29, 1.82) is 0 Å². The van der Waals surface area contributed by atoms with Crippen molar-refractivity contribution in [1.82, 2.24) is 4.90 Å². The summed E-state index contributed by atoms with van der Waals surface area (Å²) in [6.45, 7) is 7.52. The fraction of sp³-hybridized carbons (Fsp3) is 0.533. The molecule has 0 aromatic heterocycles. The molecule has 0 fully saturated rings. The molecule has 7 heteroatoms. The number of hydrogen-bond donors (Lipinski definition) is 0. The number of aryl methyl sites for hydroxylation is 1. The van der Waals surface area contributed by atoms with E-state index in [1.54, 1.807) is 46.9 Å². The average Bonchev–Trinajstić information content (AvgIpc) is 2.38. The lowest BCUT2D eigenvalue weighted by Crippen LogP contribution is -2.36. The van der Waals surface area contributed by atoms with Crippen LogP contribution in [0.25, 0.3) is 0 Å². The van der Waals surface area contributed by atoms with Crippen LogP contribution >= 0.6 is 0 Å². The van der Waals surface area contributed by atoms with E-state index in [0.717, 1.165) is 5.56 Å². The summed E-state index contributed by atoms with van der Waals surface area (Å²) in [7, 11) is 1.58. The third-order valence-corrected chi connectivity index (χ3v) is 2.70. The van der Waals surface area contributed by atoms with E-state index in [4.69, 9.17) is 9.47 Å². The summed E-state index contributed by atoms with van der Waals surface area (Å²) in [5.41, 5.74) is 0.131. The molecule has 0 aliphatic heterocycles. The van der Waals surface area contributed by atoms with Gasteiger partial charge in [-0.1, -0.05) is 6.07 Å². The standard InChI is InChI=1S/C15H22N2O5/c1-11-6-7-13(12(10-11)17(19)20)21-9-8-16(5)14(18)22-15(2,3)4/h6-7,10H,8-9H2,1-5H3. The highest BCUT2D eigenvalue weighted by Crippen LogP contribution is 2.27. The first-order valence-corrected chi connectivity index (χ1v) is 6.92. The van der Waals surface area contributed by atoms with E-state index in [2.05, 4.69) is 0 Å². The van der Waals surface area contributed by atoms with Crippen LogP contribution in [0.1, 0.15) is 26.3 Å². The number of nitro benzene ring substituents is 1. The Morgan fingerprint density at radius 2 is 2.00 bits per heavy atom. The number of likely N-dealkylation sites (N-methyl/N-ethyl adjacent to an activating group) is 1. The number of carbonyl (C=O) groups is 1.